The summed E-state index contributed by atoms with van der Waals surface area (Å²) in [6.45, 7) is 5.33. The Labute approximate surface area is 288 Å². The van der Waals surface area contributed by atoms with Gasteiger partial charge >= 0.3 is 18.0 Å². The number of carbonyl (C=O) groups excluding carboxylic acids is 2. The molecule has 4 aromatic rings. The molecule has 9 nitrogen and oxygen atoms in total. The Kier molecular flexibility index (Phi) is 10.9. The molecule has 0 saturated carbocycles. The number of rotatable bonds is 12. The number of carbonyl (C=O) groups is 3. The third-order valence-electron chi connectivity index (χ3n) is 7.63. The molecule has 0 fully saturated rings. The SMILES string of the molecule is CC(C)(C)OC[C@H](NC(=O)OCC1c2ccccc2-c2ccccc21)C(=O)OCc1ccc(OC(C(=O)O)c2ccc(Cl)cc2Cl)cc1. The van der Waals surface area contributed by atoms with E-state index in [0.717, 1.165) is 22.3 Å². The highest BCUT2D eigenvalue weighted by Gasteiger charge is 2.31. The lowest BCUT2D eigenvalue weighted by Gasteiger charge is -2.24. The van der Waals surface area contributed by atoms with Gasteiger partial charge in [-0.1, -0.05) is 89.9 Å². The number of amides is 1. The zero-order valence-electron chi connectivity index (χ0n) is 26.6. The second-order valence-corrected chi connectivity index (χ2v) is 13.0. The van der Waals surface area contributed by atoms with Crippen LogP contribution in [0.1, 0.15) is 55.0 Å². The lowest BCUT2D eigenvalue weighted by molar-refractivity contribution is -0.150. The van der Waals surface area contributed by atoms with Crippen LogP contribution < -0.4 is 10.1 Å². The Morgan fingerprint density at radius 1 is 0.854 bits per heavy atom. The fourth-order valence-electron chi connectivity index (χ4n) is 5.30. The molecule has 5 rings (SSSR count). The summed E-state index contributed by atoms with van der Waals surface area (Å²) < 4.78 is 22.7. The molecule has 1 amide bonds. The Morgan fingerprint density at radius 2 is 1.48 bits per heavy atom. The van der Waals surface area contributed by atoms with Gasteiger partial charge in [0.1, 0.15) is 19.0 Å². The number of halogens is 2. The van der Waals surface area contributed by atoms with Gasteiger partial charge in [0.05, 0.1) is 12.2 Å². The van der Waals surface area contributed by atoms with E-state index in [2.05, 4.69) is 17.4 Å². The van der Waals surface area contributed by atoms with Crippen LogP contribution in [-0.4, -0.2) is 48.0 Å². The number of carboxylic acids is 1. The van der Waals surface area contributed by atoms with Gasteiger partial charge in [0.25, 0.3) is 0 Å². The quantitative estimate of drug-likeness (QED) is 0.144. The molecular weight excluding hydrogens is 657 g/mol. The summed E-state index contributed by atoms with van der Waals surface area (Å²) >= 11 is 12.1. The second kappa shape index (κ2) is 15.1. The minimum Gasteiger partial charge on any atom is -0.478 e. The molecular formula is C37H35Cl2NO8. The van der Waals surface area contributed by atoms with Crippen molar-refractivity contribution in [3.63, 3.8) is 0 Å². The van der Waals surface area contributed by atoms with Gasteiger partial charge in [-0.15, -0.1) is 0 Å². The van der Waals surface area contributed by atoms with Crippen molar-refractivity contribution >= 4 is 41.2 Å². The Morgan fingerprint density at radius 3 is 2.06 bits per heavy atom. The molecule has 0 saturated heterocycles. The van der Waals surface area contributed by atoms with Gasteiger partial charge in [-0.05, 0) is 72.9 Å². The van der Waals surface area contributed by atoms with Crippen LogP contribution >= 0.6 is 23.2 Å². The van der Waals surface area contributed by atoms with Crippen LogP contribution in [0.4, 0.5) is 4.79 Å². The van der Waals surface area contributed by atoms with E-state index in [1.807, 2.05) is 57.2 Å². The van der Waals surface area contributed by atoms with Crippen LogP contribution in [0.3, 0.4) is 0 Å². The molecule has 48 heavy (non-hydrogen) atoms. The van der Waals surface area contributed by atoms with E-state index < -0.39 is 35.8 Å². The molecule has 11 heteroatoms. The van der Waals surface area contributed by atoms with Gasteiger partial charge in [-0.25, -0.2) is 14.4 Å². The van der Waals surface area contributed by atoms with Gasteiger partial charge < -0.3 is 29.4 Å². The van der Waals surface area contributed by atoms with Gasteiger partial charge in [-0.3, -0.25) is 0 Å². The number of esters is 1. The van der Waals surface area contributed by atoms with E-state index in [9.17, 15) is 19.5 Å². The van der Waals surface area contributed by atoms with Crippen LogP contribution in [0, 0.1) is 0 Å². The van der Waals surface area contributed by atoms with E-state index in [0.29, 0.717) is 10.6 Å². The molecule has 0 aliphatic heterocycles. The lowest BCUT2D eigenvalue weighted by atomic mass is 9.98. The summed E-state index contributed by atoms with van der Waals surface area (Å²) in [4.78, 5) is 38.1. The van der Waals surface area contributed by atoms with E-state index in [4.69, 9.17) is 42.1 Å². The van der Waals surface area contributed by atoms with Gasteiger partial charge in [0.2, 0.25) is 6.10 Å². The van der Waals surface area contributed by atoms with Crippen molar-refractivity contribution in [2.45, 2.75) is 51.0 Å². The molecule has 0 aromatic heterocycles. The van der Waals surface area contributed by atoms with Crippen molar-refractivity contribution in [2.75, 3.05) is 13.2 Å². The number of hydrogen-bond acceptors (Lipinski definition) is 7. The Bertz CT molecular complexity index is 1740. The normalized spacial score (nSPS) is 13.5. The molecule has 0 radical (unpaired) electrons. The number of fused-ring (bicyclic) bond motifs is 3. The van der Waals surface area contributed by atoms with Crippen molar-refractivity contribution in [3.8, 4) is 16.9 Å². The van der Waals surface area contributed by atoms with Crippen LogP contribution in [-0.2, 0) is 30.4 Å². The largest absolute Gasteiger partial charge is 0.478 e. The smallest absolute Gasteiger partial charge is 0.407 e. The minimum atomic E-state index is -1.37. The highest BCUT2D eigenvalue weighted by atomic mass is 35.5. The summed E-state index contributed by atoms with van der Waals surface area (Å²) in [6, 6.07) is 25.7. The summed E-state index contributed by atoms with van der Waals surface area (Å²) in [7, 11) is 0. The van der Waals surface area contributed by atoms with Crippen molar-refractivity contribution in [1.29, 1.82) is 0 Å². The van der Waals surface area contributed by atoms with Gasteiger partial charge in [0, 0.05) is 21.5 Å². The number of aliphatic carboxylic acids is 1. The third-order valence-corrected chi connectivity index (χ3v) is 8.19. The van der Waals surface area contributed by atoms with Gasteiger partial charge in [0.15, 0.2) is 6.04 Å². The maximum atomic E-state index is 13.2. The zero-order valence-corrected chi connectivity index (χ0v) is 28.1. The zero-order chi connectivity index (χ0) is 34.4. The predicted molar refractivity (Wildman–Crippen MR) is 181 cm³/mol. The molecule has 0 heterocycles. The standard InChI is InChI=1S/C37H35Cl2NO8/c1-37(2,3)47-21-32(40-36(44)46-20-30-27-10-6-4-8-25(27)26-9-5-7-11-28(26)30)35(43)45-19-22-12-15-24(16-13-22)48-33(34(41)42)29-17-14-23(38)18-31(29)39/h4-18,30,32-33H,19-21H2,1-3H3,(H,40,44)(H,41,42)/t32-,33?/m0/s1. The molecule has 2 N–H and O–H groups in total. The van der Waals surface area contributed by atoms with E-state index in [-0.39, 0.29) is 42.1 Å². The summed E-state index contributed by atoms with van der Waals surface area (Å²) in [5.41, 5.74) is 4.62. The maximum absolute atomic E-state index is 13.2. The molecule has 0 bridgehead atoms. The van der Waals surface area contributed by atoms with Crippen molar-refractivity contribution < 1.29 is 38.4 Å². The Balaban J connectivity index is 1.19. The highest BCUT2D eigenvalue weighted by molar-refractivity contribution is 6.35. The fourth-order valence-corrected chi connectivity index (χ4v) is 5.81. The molecule has 0 spiro atoms. The average Bonchev–Trinajstić information content (AvgIpc) is 3.37. The Hall–Kier alpha value is -4.57. The topological polar surface area (TPSA) is 120 Å². The van der Waals surface area contributed by atoms with Crippen LogP contribution in [0.25, 0.3) is 11.1 Å². The molecule has 250 valence electrons. The van der Waals surface area contributed by atoms with Gasteiger partial charge in [-0.2, -0.15) is 0 Å². The van der Waals surface area contributed by atoms with E-state index in [1.165, 1.54) is 18.2 Å². The monoisotopic (exact) mass is 691 g/mol. The number of hydrogen-bond donors (Lipinski definition) is 2. The maximum Gasteiger partial charge on any atom is 0.407 e. The molecule has 1 aliphatic rings. The second-order valence-electron chi connectivity index (χ2n) is 12.2. The summed E-state index contributed by atoms with van der Waals surface area (Å²) in [5.74, 6) is -1.82. The van der Waals surface area contributed by atoms with Crippen LogP contribution in [0.5, 0.6) is 5.75 Å². The summed E-state index contributed by atoms with van der Waals surface area (Å²) in [5, 5.41) is 12.9. The number of carboxylic acid groups (broad SMARTS) is 1. The minimum absolute atomic E-state index is 0.0864. The molecule has 2 atom stereocenters. The first-order valence-electron chi connectivity index (χ1n) is 15.2. The summed E-state index contributed by atoms with van der Waals surface area (Å²) in [6.07, 6.45) is -2.14. The van der Waals surface area contributed by atoms with E-state index in [1.54, 1.807) is 24.3 Å². The average molecular weight is 693 g/mol. The number of ether oxygens (including phenoxy) is 4. The van der Waals surface area contributed by atoms with Crippen molar-refractivity contribution in [1.82, 2.24) is 5.32 Å². The first-order chi connectivity index (χ1) is 22.9. The van der Waals surface area contributed by atoms with Crippen molar-refractivity contribution in [2.24, 2.45) is 0 Å². The predicted octanol–water partition coefficient (Wildman–Crippen LogP) is 7.96. The first-order valence-corrected chi connectivity index (χ1v) is 16.0. The van der Waals surface area contributed by atoms with Crippen LogP contribution in [0.15, 0.2) is 91.0 Å². The number of alkyl carbamates (subject to hydrolysis) is 1. The fraction of sp³-hybridized carbons (Fsp3) is 0.270. The van der Waals surface area contributed by atoms with Crippen molar-refractivity contribution in [3.05, 3.63) is 123 Å². The first kappa shape index (κ1) is 34.8. The third kappa shape index (κ3) is 8.66. The molecule has 1 aliphatic carbocycles. The van der Waals surface area contributed by atoms with E-state index >= 15 is 0 Å². The number of nitrogens with one attached hydrogen (secondary N) is 1. The molecule has 1 unspecified atom stereocenters. The molecule has 4 aromatic carbocycles. The lowest BCUT2D eigenvalue weighted by Crippen LogP contribution is -2.46. The highest BCUT2D eigenvalue weighted by Crippen LogP contribution is 2.44. The van der Waals surface area contributed by atoms with Crippen LogP contribution in [0.2, 0.25) is 10.0 Å². The number of benzene rings is 4.